The van der Waals surface area contributed by atoms with E-state index in [0.29, 0.717) is 0 Å². The quantitative estimate of drug-likeness (QED) is 0.764. The van der Waals surface area contributed by atoms with Crippen molar-refractivity contribution in [1.82, 2.24) is 0 Å². The van der Waals surface area contributed by atoms with Crippen LogP contribution in [0.15, 0.2) is 18.2 Å². The predicted molar refractivity (Wildman–Crippen MR) is 77.3 cm³/mol. The zero-order valence-electron chi connectivity index (χ0n) is 11.8. The molecule has 0 bridgehead atoms. The molecule has 5 heteroatoms. The van der Waals surface area contributed by atoms with Crippen molar-refractivity contribution in [3.8, 4) is 0 Å². The molecule has 1 aromatic rings. The summed E-state index contributed by atoms with van der Waals surface area (Å²) < 4.78 is 12.0. The second-order valence-electron chi connectivity index (χ2n) is 6.00. The Hall–Kier alpha value is -0.618. The first-order valence-electron chi connectivity index (χ1n) is 6.32. The van der Waals surface area contributed by atoms with E-state index in [-0.39, 0.29) is 18.3 Å². The molecule has 1 N–H and O–H groups in total. The molecular formula is C13H21BO3Si. The Morgan fingerprint density at radius 3 is 2.11 bits per heavy atom. The van der Waals surface area contributed by atoms with Crippen molar-refractivity contribution in [3.63, 3.8) is 0 Å². The van der Waals surface area contributed by atoms with Crippen LogP contribution >= 0.6 is 0 Å². The predicted octanol–water partition coefficient (Wildman–Crippen LogP) is -0.00438. The highest BCUT2D eigenvalue weighted by atomic mass is 28.2. The minimum atomic E-state index is -1.15. The summed E-state index contributed by atoms with van der Waals surface area (Å²) in [5.41, 5.74) is 1.50. The van der Waals surface area contributed by atoms with Crippen molar-refractivity contribution in [1.29, 1.82) is 0 Å². The van der Waals surface area contributed by atoms with Gasteiger partial charge in [0.25, 0.3) is 0 Å². The summed E-state index contributed by atoms with van der Waals surface area (Å²) >= 11 is 0. The summed E-state index contributed by atoms with van der Waals surface area (Å²) in [6, 6.07) is 6.10. The van der Waals surface area contributed by atoms with Crippen LogP contribution in [0.25, 0.3) is 0 Å². The number of aryl methyl sites for hydroxylation is 1. The first-order chi connectivity index (χ1) is 8.25. The third-order valence-corrected chi connectivity index (χ3v) is 4.64. The fourth-order valence-corrected chi connectivity index (χ4v) is 2.84. The lowest BCUT2D eigenvalue weighted by Crippen LogP contribution is -2.41. The molecule has 0 saturated carbocycles. The summed E-state index contributed by atoms with van der Waals surface area (Å²) in [5, 5.41) is 1.03. The van der Waals surface area contributed by atoms with E-state index >= 15 is 0 Å². The molecule has 0 atom stereocenters. The van der Waals surface area contributed by atoms with Gasteiger partial charge in [-0.15, -0.1) is 0 Å². The van der Waals surface area contributed by atoms with Crippen LogP contribution in [-0.4, -0.2) is 32.9 Å². The molecule has 1 fully saturated rings. The molecule has 18 heavy (non-hydrogen) atoms. The van der Waals surface area contributed by atoms with Gasteiger partial charge in [0, 0.05) is 0 Å². The normalized spacial score (nSPS) is 22.0. The van der Waals surface area contributed by atoms with Crippen molar-refractivity contribution in [2.75, 3.05) is 0 Å². The van der Waals surface area contributed by atoms with Crippen LogP contribution in [-0.2, 0) is 9.31 Å². The standard InChI is InChI=1S/C13H21BO3Si/c1-9-6-10(8-11(7-9)18-15)14-16-12(2,3)13(4,5)17-14/h6-8,15H,18H2,1-5H3. The SMILES string of the molecule is Cc1cc([SiH2]O)cc(B2OC(C)(C)C(C)(C)O2)c1. The molecule has 1 aromatic carbocycles. The number of hydrogen-bond acceptors (Lipinski definition) is 3. The maximum absolute atomic E-state index is 9.39. The summed E-state index contributed by atoms with van der Waals surface area (Å²) in [5.74, 6) is 0. The minimum Gasteiger partial charge on any atom is -0.433 e. The lowest BCUT2D eigenvalue weighted by atomic mass is 9.78. The Labute approximate surface area is 112 Å². The van der Waals surface area contributed by atoms with E-state index in [1.54, 1.807) is 0 Å². The van der Waals surface area contributed by atoms with Gasteiger partial charge in [0.15, 0.2) is 9.76 Å². The first-order valence-corrected chi connectivity index (χ1v) is 7.66. The van der Waals surface area contributed by atoms with Crippen molar-refractivity contribution in [3.05, 3.63) is 23.8 Å². The third kappa shape index (κ3) is 2.40. The summed E-state index contributed by atoms with van der Waals surface area (Å²) in [4.78, 5) is 9.39. The van der Waals surface area contributed by atoms with Gasteiger partial charge in [-0.05, 0) is 45.3 Å². The molecule has 1 heterocycles. The van der Waals surface area contributed by atoms with Gasteiger partial charge in [-0.1, -0.05) is 23.8 Å². The van der Waals surface area contributed by atoms with E-state index in [4.69, 9.17) is 9.31 Å². The van der Waals surface area contributed by atoms with Gasteiger partial charge in [0.05, 0.1) is 11.2 Å². The van der Waals surface area contributed by atoms with E-state index in [1.807, 2.05) is 46.8 Å². The van der Waals surface area contributed by atoms with E-state index < -0.39 is 9.76 Å². The Morgan fingerprint density at radius 1 is 1.06 bits per heavy atom. The molecule has 0 unspecified atom stereocenters. The zero-order chi connectivity index (χ0) is 13.6. The molecule has 98 valence electrons. The largest absolute Gasteiger partial charge is 0.494 e. The molecule has 0 amide bonds. The van der Waals surface area contributed by atoms with Crippen LogP contribution in [0, 0.1) is 6.92 Å². The van der Waals surface area contributed by atoms with Gasteiger partial charge >= 0.3 is 7.12 Å². The Balaban J connectivity index is 2.32. The molecule has 2 rings (SSSR count). The lowest BCUT2D eigenvalue weighted by molar-refractivity contribution is 0.00578. The maximum atomic E-state index is 9.39. The summed E-state index contributed by atoms with van der Waals surface area (Å²) in [6.45, 7) is 10.2. The number of benzene rings is 1. The topological polar surface area (TPSA) is 38.7 Å². The number of rotatable bonds is 2. The van der Waals surface area contributed by atoms with E-state index in [2.05, 4.69) is 6.07 Å². The summed E-state index contributed by atoms with van der Waals surface area (Å²) in [7, 11) is -1.48. The second-order valence-corrected chi connectivity index (χ2v) is 7.13. The molecule has 3 nitrogen and oxygen atoms in total. The third-order valence-electron chi connectivity index (χ3n) is 3.87. The average molecular weight is 264 g/mol. The van der Waals surface area contributed by atoms with Crippen LogP contribution < -0.4 is 10.6 Å². The molecule has 1 aliphatic heterocycles. The van der Waals surface area contributed by atoms with Gasteiger partial charge in [-0.25, -0.2) is 0 Å². The van der Waals surface area contributed by atoms with Crippen LogP contribution in [0.5, 0.6) is 0 Å². The highest BCUT2D eigenvalue weighted by Gasteiger charge is 2.51. The van der Waals surface area contributed by atoms with Crippen LogP contribution in [0.1, 0.15) is 33.3 Å². The van der Waals surface area contributed by atoms with Gasteiger partial charge in [0.1, 0.15) is 0 Å². The lowest BCUT2D eigenvalue weighted by Gasteiger charge is -2.32. The Bertz CT molecular complexity index is 444. The Kier molecular flexibility index (Phi) is 3.44. The highest BCUT2D eigenvalue weighted by molar-refractivity contribution is 6.63. The van der Waals surface area contributed by atoms with Gasteiger partial charge in [-0.3, -0.25) is 0 Å². The van der Waals surface area contributed by atoms with Crippen LogP contribution in [0.4, 0.5) is 0 Å². The van der Waals surface area contributed by atoms with Gasteiger partial charge in [0.2, 0.25) is 0 Å². The van der Waals surface area contributed by atoms with E-state index in [9.17, 15) is 4.80 Å². The van der Waals surface area contributed by atoms with Crippen molar-refractivity contribution < 1.29 is 14.1 Å². The fourth-order valence-electron chi connectivity index (χ4n) is 2.10. The summed E-state index contributed by atoms with van der Waals surface area (Å²) in [6.07, 6.45) is 0. The van der Waals surface area contributed by atoms with Crippen molar-refractivity contribution in [2.24, 2.45) is 0 Å². The highest BCUT2D eigenvalue weighted by Crippen LogP contribution is 2.36. The van der Waals surface area contributed by atoms with Crippen molar-refractivity contribution >= 4 is 27.5 Å². The van der Waals surface area contributed by atoms with Gasteiger partial charge in [-0.2, -0.15) is 0 Å². The molecule has 1 saturated heterocycles. The molecule has 1 aliphatic rings. The zero-order valence-corrected chi connectivity index (χ0v) is 13.2. The van der Waals surface area contributed by atoms with Gasteiger partial charge < -0.3 is 14.1 Å². The fraction of sp³-hybridized carbons (Fsp3) is 0.538. The van der Waals surface area contributed by atoms with Crippen molar-refractivity contribution in [2.45, 2.75) is 45.8 Å². The minimum absolute atomic E-state index is 0.321. The van der Waals surface area contributed by atoms with E-state index in [0.717, 1.165) is 16.2 Å². The second kappa shape index (κ2) is 4.49. The first kappa shape index (κ1) is 13.8. The molecule has 0 aromatic heterocycles. The Morgan fingerprint density at radius 2 is 1.61 bits per heavy atom. The molecule has 0 aliphatic carbocycles. The monoisotopic (exact) mass is 264 g/mol. The molecular weight excluding hydrogens is 243 g/mol. The number of hydrogen-bond donors (Lipinski definition) is 1. The van der Waals surface area contributed by atoms with Crippen LogP contribution in [0.3, 0.4) is 0 Å². The van der Waals surface area contributed by atoms with E-state index in [1.165, 1.54) is 0 Å². The smallest absolute Gasteiger partial charge is 0.433 e. The molecule has 0 radical (unpaired) electrons. The van der Waals surface area contributed by atoms with Crippen LogP contribution in [0.2, 0.25) is 0 Å². The molecule has 0 spiro atoms. The average Bonchev–Trinajstić information content (AvgIpc) is 2.47. The maximum Gasteiger partial charge on any atom is 0.494 e.